The molecule has 106 valence electrons. The van der Waals surface area contributed by atoms with Gasteiger partial charge in [0.2, 0.25) is 0 Å². The number of aryl methyl sites for hydroxylation is 1. The third kappa shape index (κ3) is 2.38. The molecule has 0 spiro atoms. The highest BCUT2D eigenvalue weighted by molar-refractivity contribution is 7.21. The van der Waals surface area contributed by atoms with Crippen LogP contribution < -0.4 is 11.1 Å². The predicted molar refractivity (Wildman–Crippen MR) is 83.0 cm³/mol. The van der Waals surface area contributed by atoms with E-state index in [1.165, 1.54) is 17.8 Å². The first kappa shape index (κ1) is 13.4. The van der Waals surface area contributed by atoms with E-state index in [0.717, 1.165) is 28.8 Å². The van der Waals surface area contributed by atoms with Crippen LogP contribution in [0, 0.1) is 12.8 Å². The summed E-state index contributed by atoms with van der Waals surface area (Å²) >= 11 is 1.38. The molecule has 2 heterocycles. The first-order valence-electron chi connectivity index (χ1n) is 7.01. The minimum absolute atomic E-state index is 0.0535. The second-order valence-corrected chi connectivity index (χ2v) is 6.74. The Morgan fingerprint density at radius 1 is 1.45 bits per heavy atom. The number of nitrogens with zero attached hydrogens (tertiary/aromatic N) is 1. The van der Waals surface area contributed by atoms with E-state index in [-0.39, 0.29) is 11.9 Å². The molecular formula is C15H19N3OS. The Balaban J connectivity index is 1.86. The van der Waals surface area contributed by atoms with Gasteiger partial charge in [0.15, 0.2) is 0 Å². The molecule has 3 rings (SSSR count). The van der Waals surface area contributed by atoms with Crippen LogP contribution in [0.15, 0.2) is 12.1 Å². The zero-order valence-corrected chi connectivity index (χ0v) is 12.6. The van der Waals surface area contributed by atoms with E-state index in [9.17, 15) is 4.79 Å². The Hall–Kier alpha value is -1.62. The van der Waals surface area contributed by atoms with Gasteiger partial charge in [-0.3, -0.25) is 4.79 Å². The predicted octanol–water partition coefficient (Wildman–Crippen LogP) is 3.11. The number of nitrogens with one attached hydrogen (secondary N) is 1. The second kappa shape index (κ2) is 5.05. The number of nitrogens with two attached hydrogens (primary N) is 1. The van der Waals surface area contributed by atoms with Crippen molar-refractivity contribution in [1.82, 2.24) is 10.3 Å². The zero-order chi connectivity index (χ0) is 14.3. The number of amides is 1. The largest absolute Gasteiger partial charge is 0.397 e. The summed E-state index contributed by atoms with van der Waals surface area (Å²) in [6.07, 6.45) is 3.32. The Morgan fingerprint density at radius 2 is 2.25 bits per heavy atom. The summed E-state index contributed by atoms with van der Waals surface area (Å²) in [7, 11) is 0. The van der Waals surface area contributed by atoms with Gasteiger partial charge in [0.1, 0.15) is 9.71 Å². The zero-order valence-electron chi connectivity index (χ0n) is 11.8. The highest BCUT2D eigenvalue weighted by Gasteiger charge is 2.25. The topological polar surface area (TPSA) is 68.0 Å². The Kier molecular flexibility index (Phi) is 3.38. The molecule has 1 fully saturated rings. The van der Waals surface area contributed by atoms with E-state index in [2.05, 4.69) is 17.2 Å². The van der Waals surface area contributed by atoms with Crippen LogP contribution in [0.25, 0.3) is 10.2 Å². The number of hydrogen-bond acceptors (Lipinski definition) is 4. The maximum Gasteiger partial charge on any atom is 0.263 e. The van der Waals surface area contributed by atoms with Crippen molar-refractivity contribution in [3.05, 3.63) is 22.7 Å². The molecule has 4 nitrogen and oxygen atoms in total. The van der Waals surface area contributed by atoms with Crippen molar-refractivity contribution >= 4 is 33.1 Å². The van der Waals surface area contributed by atoms with Gasteiger partial charge in [-0.15, -0.1) is 11.3 Å². The van der Waals surface area contributed by atoms with Crippen molar-refractivity contribution in [3.63, 3.8) is 0 Å². The first-order valence-corrected chi connectivity index (χ1v) is 7.82. The molecule has 1 aliphatic carbocycles. The smallest absolute Gasteiger partial charge is 0.263 e. The van der Waals surface area contributed by atoms with E-state index in [4.69, 9.17) is 5.73 Å². The lowest BCUT2D eigenvalue weighted by molar-refractivity contribution is 0.0942. The van der Waals surface area contributed by atoms with Gasteiger partial charge < -0.3 is 11.1 Å². The number of carbonyl (C=O) groups is 1. The number of thiophene rings is 1. The second-order valence-electron chi connectivity index (χ2n) is 5.74. The van der Waals surface area contributed by atoms with Crippen LogP contribution in [0.4, 0.5) is 5.69 Å². The summed E-state index contributed by atoms with van der Waals surface area (Å²) in [6.45, 7) is 4.17. The van der Waals surface area contributed by atoms with Gasteiger partial charge >= 0.3 is 0 Å². The maximum absolute atomic E-state index is 12.4. The summed E-state index contributed by atoms with van der Waals surface area (Å²) in [6, 6.07) is 4.15. The van der Waals surface area contributed by atoms with Crippen molar-refractivity contribution in [2.75, 3.05) is 5.73 Å². The summed E-state index contributed by atoms with van der Waals surface area (Å²) in [4.78, 5) is 18.3. The molecule has 2 aromatic rings. The van der Waals surface area contributed by atoms with Crippen LogP contribution in [0.5, 0.6) is 0 Å². The number of hydrogen-bond donors (Lipinski definition) is 2. The molecule has 0 aliphatic heterocycles. The van der Waals surface area contributed by atoms with E-state index in [1.54, 1.807) is 0 Å². The molecule has 3 N–H and O–H groups in total. The number of aromatic nitrogens is 1. The third-order valence-corrected chi connectivity index (χ3v) is 5.08. The van der Waals surface area contributed by atoms with Gasteiger partial charge in [-0.05, 0) is 44.2 Å². The molecule has 5 heteroatoms. The lowest BCUT2D eigenvalue weighted by atomic mass is 10.1. The van der Waals surface area contributed by atoms with Crippen LogP contribution in [0.2, 0.25) is 0 Å². The van der Waals surface area contributed by atoms with Crippen molar-refractivity contribution in [1.29, 1.82) is 0 Å². The lowest BCUT2D eigenvalue weighted by Crippen LogP contribution is -2.32. The average Bonchev–Trinajstić information content (AvgIpc) is 2.94. The molecule has 1 amide bonds. The Bertz CT molecular complexity index is 664. The normalized spacial score (nSPS) is 22.3. The van der Waals surface area contributed by atoms with Crippen LogP contribution in [-0.2, 0) is 0 Å². The van der Waals surface area contributed by atoms with Crippen LogP contribution >= 0.6 is 11.3 Å². The van der Waals surface area contributed by atoms with Gasteiger partial charge in [-0.25, -0.2) is 4.98 Å². The number of fused-ring (bicyclic) bond motifs is 1. The first-order chi connectivity index (χ1) is 9.54. The number of nitrogen functional groups attached to an aromatic ring is 1. The Labute approximate surface area is 122 Å². The van der Waals surface area contributed by atoms with Gasteiger partial charge in [0, 0.05) is 17.1 Å². The van der Waals surface area contributed by atoms with Crippen LogP contribution in [0.1, 0.15) is 41.6 Å². The molecule has 1 saturated carbocycles. The molecule has 0 saturated heterocycles. The SMILES string of the molecule is Cc1ccc2c(N)c(C(=O)NC3CCC(C)C3)sc2n1. The number of carbonyl (C=O) groups excluding carboxylic acids is 1. The van der Waals surface area contributed by atoms with Crippen LogP contribution in [0.3, 0.4) is 0 Å². The average molecular weight is 289 g/mol. The Morgan fingerprint density at radius 3 is 2.95 bits per heavy atom. The number of anilines is 1. The van der Waals surface area contributed by atoms with Gasteiger partial charge in [0.25, 0.3) is 5.91 Å². The van der Waals surface area contributed by atoms with E-state index < -0.39 is 0 Å². The molecular weight excluding hydrogens is 270 g/mol. The van der Waals surface area contributed by atoms with Crippen molar-refractivity contribution in [3.8, 4) is 0 Å². The third-order valence-electron chi connectivity index (χ3n) is 3.97. The van der Waals surface area contributed by atoms with E-state index in [0.29, 0.717) is 16.5 Å². The molecule has 0 radical (unpaired) electrons. The maximum atomic E-state index is 12.4. The number of pyridine rings is 1. The molecule has 2 aromatic heterocycles. The summed E-state index contributed by atoms with van der Waals surface area (Å²) < 4.78 is 0. The molecule has 2 atom stereocenters. The van der Waals surface area contributed by atoms with Crippen molar-refractivity contribution in [2.24, 2.45) is 5.92 Å². The number of rotatable bonds is 2. The standard InChI is InChI=1S/C15H19N3OS/c1-8-3-5-10(7-8)18-14(19)13-12(16)11-6-4-9(2)17-15(11)20-13/h4,6,8,10H,3,5,7,16H2,1-2H3,(H,18,19). The summed E-state index contributed by atoms with van der Waals surface area (Å²) in [5.41, 5.74) is 7.60. The van der Waals surface area contributed by atoms with Crippen LogP contribution in [-0.4, -0.2) is 16.9 Å². The quantitative estimate of drug-likeness (QED) is 0.892. The van der Waals surface area contributed by atoms with E-state index in [1.807, 2.05) is 19.1 Å². The van der Waals surface area contributed by atoms with Crippen molar-refractivity contribution < 1.29 is 4.79 Å². The molecule has 2 unspecified atom stereocenters. The highest BCUT2D eigenvalue weighted by atomic mass is 32.1. The minimum atomic E-state index is -0.0535. The van der Waals surface area contributed by atoms with Crippen molar-refractivity contribution in [2.45, 2.75) is 39.2 Å². The van der Waals surface area contributed by atoms with Gasteiger partial charge in [0.05, 0.1) is 5.69 Å². The molecule has 0 bridgehead atoms. The summed E-state index contributed by atoms with van der Waals surface area (Å²) in [5.74, 6) is 0.645. The minimum Gasteiger partial charge on any atom is -0.397 e. The molecule has 0 aromatic carbocycles. The van der Waals surface area contributed by atoms with E-state index >= 15 is 0 Å². The molecule has 20 heavy (non-hydrogen) atoms. The molecule has 1 aliphatic rings. The monoisotopic (exact) mass is 289 g/mol. The van der Waals surface area contributed by atoms with Gasteiger partial charge in [-0.2, -0.15) is 0 Å². The fraction of sp³-hybridized carbons (Fsp3) is 0.467. The summed E-state index contributed by atoms with van der Waals surface area (Å²) in [5, 5.41) is 3.99. The fourth-order valence-electron chi connectivity index (χ4n) is 2.85. The highest BCUT2D eigenvalue weighted by Crippen LogP contribution is 2.33. The fourth-order valence-corrected chi connectivity index (χ4v) is 3.89. The van der Waals surface area contributed by atoms with Gasteiger partial charge in [-0.1, -0.05) is 6.92 Å². The lowest BCUT2D eigenvalue weighted by Gasteiger charge is -2.11.